The second-order valence-electron chi connectivity index (χ2n) is 3.07. The molecule has 0 nitrogen and oxygen atoms in total. The fraction of sp³-hybridized carbons (Fsp3) is 0. The van der Waals surface area contributed by atoms with E-state index in [4.69, 9.17) is 0 Å². The first-order valence-corrected chi connectivity index (χ1v) is 5.35. The van der Waals surface area contributed by atoms with Crippen molar-refractivity contribution >= 4 is 17.4 Å². The lowest BCUT2D eigenvalue weighted by molar-refractivity contribution is 0.429. The number of thiophene rings is 1. The predicted molar refractivity (Wildman–Crippen MR) is 59.9 cm³/mol. The van der Waals surface area contributed by atoms with Crippen LogP contribution in [-0.2, 0) is 0 Å². The standard InChI is InChI=1S/C12H8F2S/c13-12(14)7-9-1-3-10(4-2-9)11-5-6-15-8-11/h1-8H. The largest absolute Gasteiger partial charge is 0.270 e. The third-order valence-corrected chi connectivity index (χ3v) is 2.72. The Balaban J connectivity index is 2.29. The molecule has 0 aliphatic rings. The molecule has 0 spiro atoms. The van der Waals surface area contributed by atoms with Gasteiger partial charge < -0.3 is 0 Å². The first kappa shape index (κ1) is 10.1. The number of benzene rings is 1. The zero-order valence-electron chi connectivity index (χ0n) is 7.78. The highest BCUT2D eigenvalue weighted by molar-refractivity contribution is 7.08. The molecule has 15 heavy (non-hydrogen) atoms. The summed E-state index contributed by atoms with van der Waals surface area (Å²) >= 11 is 1.62. The van der Waals surface area contributed by atoms with E-state index in [2.05, 4.69) is 0 Å². The number of hydrogen-bond donors (Lipinski definition) is 0. The quantitative estimate of drug-likeness (QED) is 0.693. The third-order valence-electron chi connectivity index (χ3n) is 2.04. The van der Waals surface area contributed by atoms with Crippen LogP contribution in [-0.4, -0.2) is 0 Å². The number of rotatable bonds is 2. The Morgan fingerprint density at radius 1 is 1.00 bits per heavy atom. The molecule has 0 amide bonds. The Hall–Kier alpha value is -1.48. The van der Waals surface area contributed by atoms with Crippen LogP contribution in [0.25, 0.3) is 17.2 Å². The SMILES string of the molecule is FC(F)=Cc1ccc(-c2ccsc2)cc1. The molecule has 0 bridgehead atoms. The van der Waals surface area contributed by atoms with Crippen molar-refractivity contribution in [1.29, 1.82) is 0 Å². The average molecular weight is 222 g/mol. The van der Waals surface area contributed by atoms with Crippen LogP contribution in [0.3, 0.4) is 0 Å². The van der Waals surface area contributed by atoms with Gasteiger partial charge in [0.15, 0.2) is 0 Å². The van der Waals surface area contributed by atoms with Crippen LogP contribution in [0.4, 0.5) is 8.78 Å². The highest BCUT2D eigenvalue weighted by Gasteiger charge is 1.97. The number of hydrogen-bond acceptors (Lipinski definition) is 1. The van der Waals surface area contributed by atoms with Crippen molar-refractivity contribution in [3.05, 3.63) is 52.7 Å². The molecular formula is C12H8F2S. The first-order valence-electron chi connectivity index (χ1n) is 4.41. The van der Waals surface area contributed by atoms with Gasteiger partial charge in [-0.2, -0.15) is 20.1 Å². The molecule has 1 heterocycles. The molecule has 3 heteroatoms. The normalized spacial score (nSPS) is 10.0. The Morgan fingerprint density at radius 3 is 2.27 bits per heavy atom. The molecule has 0 saturated carbocycles. The van der Waals surface area contributed by atoms with Gasteiger partial charge >= 0.3 is 0 Å². The van der Waals surface area contributed by atoms with Crippen molar-refractivity contribution in [3.63, 3.8) is 0 Å². The number of halogens is 2. The van der Waals surface area contributed by atoms with Crippen LogP contribution < -0.4 is 0 Å². The summed E-state index contributed by atoms with van der Waals surface area (Å²) in [5.74, 6) is 0. The van der Waals surface area contributed by atoms with Gasteiger partial charge in [-0.1, -0.05) is 24.3 Å². The zero-order chi connectivity index (χ0) is 10.7. The van der Waals surface area contributed by atoms with Crippen LogP contribution in [0.2, 0.25) is 0 Å². The fourth-order valence-electron chi connectivity index (χ4n) is 1.33. The van der Waals surface area contributed by atoms with E-state index in [1.54, 1.807) is 23.5 Å². The van der Waals surface area contributed by atoms with E-state index in [9.17, 15) is 8.78 Å². The molecule has 0 fully saturated rings. The van der Waals surface area contributed by atoms with E-state index < -0.39 is 6.08 Å². The van der Waals surface area contributed by atoms with E-state index in [1.165, 1.54) is 0 Å². The summed E-state index contributed by atoms with van der Waals surface area (Å²) in [5.41, 5.74) is 2.69. The maximum Gasteiger partial charge on any atom is 0.270 e. The van der Waals surface area contributed by atoms with E-state index in [1.807, 2.05) is 29.0 Å². The molecule has 2 rings (SSSR count). The molecule has 76 valence electrons. The van der Waals surface area contributed by atoms with Gasteiger partial charge in [0.05, 0.1) is 0 Å². The van der Waals surface area contributed by atoms with E-state index in [0.717, 1.165) is 17.2 Å². The second-order valence-corrected chi connectivity index (χ2v) is 3.85. The molecule has 0 saturated heterocycles. The van der Waals surface area contributed by atoms with Crippen LogP contribution in [0.1, 0.15) is 5.56 Å². The molecule has 0 atom stereocenters. The summed E-state index contributed by atoms with van der Waals surface area (Å²) in [6.07, 6.45) is -0.810. The monoisotopic (exact) mass is 222 g/mol. The third kappa shape index (κ3) is 2.50. The summed E-state index contributed by atoms with van der Waals surface area (Å²) in [7, 11) is 0. The topological polar surface area (TPSA) is 0 Å². The van der Waals surface area contributed by atoms with Gasteiger partial charge in [-0.15, -0.1) is 0 Å². The first-order chi connectivity index (χ1) is 7.25. The average Bonchev–Trinajstić information content (AvgIpc) is 2.71. The summed E-state index contributed by atoms with van der Waals surface area (Å²) in [4.78, 5) is 0. The van der Waals surface area contributed by atoms with Crippen molar-refractivity contribution < 1.29 is 8.78 Å². The van der Waals surface area contributed by atoms with Gasteiger partial charge in [-0.25, -0.2) is 0 Å². The van der Waals surface area contributed by atoms with E-state index >= 15 is 0 Å². The van der Waals surface area contributed by atoms with Crippen LogP contribution in [0.5, 0.6) is 0 Å². The zero-order valence-corrected chi connectivity index (χ0v) is 8.60. The minimum Gasteiger partial charge on any atom is -0.173 e. The predicted octanol–water partition coefficient (Wildman–Crippen LogP) is 4.65. The van der Waals surface area contributed by atoms with Crippen molar-refractivity contribution in [1.82, 2.24) is 0 Å². The van der Waals surface area contributed by atoms with Gasteiger partial charge in [-0.05, 0) is 33.5 Å². The lowest BCUT2D eigenvalue weighted by Crippen LogP contribution is -1.75. The Labute approximate surface area is 90.5 Å². The molecule has 0 radical (unpaired) electrons. The van der Waals surface area contributed by atoms with Crippen molar-refractivity contribution in [2.75, 3.05) is 0 Å². The second kappa shape index (κ2) is 4.36. The minimum atomic E-state index is -1.67. The molecule has 0 unspecified atom stereocenters. The lowest BCUT2D eigenvalue weighted by Gasteiger charge is -1.98. The highest BCUT2D eigenvalue weighted by Crippen LogP contribution is 2.22. The molecule has 1 aromatic carbocycles. The van der Waals surface area contributed by atoms with E-state index in [0.29, 0.717) is 5.56 Å². The Bertz CT molecular complexity index is 451. The van der Waals surface area contributed by atoms with Gasteiger partial charge in [-0.3, -0.25) is 0 Å². The van der Waals surface area contributed by atoms with E-state index in [-0.39, 0.29) is 0 Å². The molecule has 2 aromatic rings. The van der Waals surface area contributed by atoms with Gasteiger partial charge in [0, 0.05) is 6.08 Å². The van der Waals surface area contributed by atoms with Crippen LogP contribution >= 0.6 is 11.3 Å². The van der Waals surface area contributed by atoms with Crippen LogP contribution in [0, 0.1) is 0 Å². The van der Waals surface area contributed by atoms with Crippen molar-refractivity contribution in [2.24, 2.45) is 0 Å². The van der Waals surface area contributed by atoms with Gasteiger partial charge in [0.1, 0.15) is 0 Å². The minimum absolute atomic E-state index is 0.522. The van der Waals surface area contributed by atoms with Crippen LogP contribution in [0.15, 0.2) is 47.2 Å². The molecule has 0 aliphatic carbocycles. The summed E-state index contributed by atoms with van der Waals surface area (Å²) in [6.45, 7) is 0. The molecule has 0 aliphatic heterocycles. The maximum atomic E-state index is 12.0. The smallest absolute Gasteiger partial charge is 0.173 e. The van der Waals surface area contributed by atoms with Crippen molar-refractivity contribution in [2.45, 2.75) is 0 Å². The summed E-state index contributed by atoms with van der Waals surface area (Å²) in [5, 5.41) is 4.02. The fourth-order valence-corrected chi connectivity index (χ4v) is 1.99. The van der Waals surface area contributed by atoms with Gasteiger partial charge in [0.2, 0.25) is 0 Å². The molecule has 1 aromatic heterocycles. The Morgan fingerprint density at radius 2 is 1.73 bits per heavy atom. The maximum absolute atomic E-state index is 12.0. The summed E-state index contributed by atoms with van der Waals surface area (Å²) in [6, 6.07) is 9.07. The van der Waals surface area contributed by atoms with Crippen molar-refractivity contribution in [3.8, 4) is 11.1 Å². The van der Waals surface area contributed by atoms with Gasteiger partial charge in [0.25, 0.3) is 6.08 Å². The lowest BCUT2D eigenvalue weighted by atomic mass is 10.1. The molecule has 0 N–H and O–H groups in total. The summed E-state index contributed by atoms with van der Waals surface area (Å²) < 4.78 is 23.9. The highest BCUT2D eigenvalue weighted by atomic mass is 32.1. The molecular weight excluding hydrogens is 214 g/mol. The Kier molecular flexibility index (Phi) is 2.92.